The van der Waals surface area contributed by atoms with Gasteiger partial charge < -0.3 is 29.5 Å². The van der Waals surface area contributed by atoms with Crippen molar-refractivity contribution < 1.29 is 56.7 Å². The number of hydrogen-bond acceptors (Lipinski definition) is 14. The topological polar surface area (TPSA) is 280 Å². The number of phosphoric ester groups is 2. The zero-order chi connectivity index (χ0) is 29.0. The summed E-state index contributed by atoms with van der Waals surface area (Å²) in [4.78, 5) is 71.7. The number of aromatic nitrogens is 4. The second-order valence-corrected chi connectivity index (χ2v) is 11.6. The van der Waals surface area contributed by atoms with E-state index >= 15 is 0 Å². The van der Waals surface area contributed by atoms with Crippen molar-refractivity contribution in [3.8, 4) is 0 Å². The van der Waals surface area contributed by atoms with Crippen molar-refractivity contribution in [2.45, 2.75) is 49.1 Å². The molecule has 20 nitrogen and oxygen atoms in total. The molecule has 6 N–H and O–H groups in total. The summed E-state index contributed by atoms with van der Waals surface area (Å²) < 4.78 is 58.1. The van der Waals surface area contributed by atoms with Gasteiger partial charge in [0, 0.05) is 24.5 Å². The lowest BCUT2D eigenvalue weighted by atomic mass is 10.1. The van der Waals surface area contributed by atoms with Gasteiger partial charge in [0.25, 0.3) is 11.1 Å². The molecule has 0 aliphatic carbocycles. The van der Waals surface area contributed by atoms with Gasteiger partial charge in [-0.1, -0.05) is 0 Å². The molecule has 2 aromatic rings. The summed E-state index contributed by atoms with van der Waals surface area (Å²) in [5.41, 5.74) is -3.53. The Hall–Kier alpha value is -2.58. The molecule has 3 aliphatic heterocycles. The van der Waals surface area contributed by atoms with E-state index in [9.17, 15) is 48.3 Å². The van der Waals surface area contributed by atoms with Gasteiger partial charge in [-0.05, 0) is 0 Å². The SMILES string of the molecule is O=c1ccn([C@@H]2O[C@@H]3COP(=O)(O)O[C@@H]4[C@H](O)[C@@H](n5ccc(=O)[nH]c5=O)O[C@@H]4COP(=O)(O)O[C@H]3[C@H]2O)c(=O)[nH]1. The average Bonchev–Trinajstić information content (AvgIpc) is 3.32. The summed E-state index contributed by atoms with van der Waals surface area (Å²) in [7, 11) is -10.2. The van der Waals surface area contributed by atoms with E-state index in [1.54, 1.807) is 0 Å². The molecule has 2 aromatic heterocycles. The molecule has 10 atom stereocenters. The number of aliphatic hydroxyl groups is 2. The number of phosphoric acid groups is 2. The standard InChI is InChI=1S/C18H22N4O16P2/c23-9-1-3-21(17(27)19-9)15-11(25)13-7(35-15)5-33-40(31,32)38-14-8(6-34-39(29,30)37-13)36-16(12(14)26)22-4-2-10(24)20-18(22)28/h1-4,7-8,11-16,25-26H,5-6H2,(H,29,30)(H,31,32)(H,19,23,27)(H,20,24,28)/t7-,8-,11-,12+,13-,14+,15-,16+/m1/s1. The van der Waals surface area contributed by atoms with Gasteiger partial charge >= 0.3 is 27.0 Å². The third kappa shape index (κ3) is 5.75. The molecule has 0 radical (unpaired) electrons. The molecule has 0 saturated carbocycles. The highest BCUT2D eigenvalue weighted by atomic mass is 31.2. The fourth-order valence-corrected chi connectivity index (χ4v) is 6.32. The Bertz CT molecular complexity index is 1480. The van der Waals surface area contributed by atoms with Crippen LogP contribution in [-0.2, 0) is 36.7 Å². The molecule has 220 valence electrons. The Morgan fingerprint density at radius 2 is 1.10 bits per heavy atom. The Morgan fingerprint density at radius 3 is 1.45 bits per heavy atom. The van der Waals surface area contributed by atoms with Crippen LogP contribution in [0.1, 0.15) is 12.5 Å². The molecular weight excluding hydrogens is 590 g/mol. The smallest absolute Gasteiger partial charge is 0.386 e. The molecule has 2 unspecified atom stereocenters. The number of rotatable bonds is 2. The van der Waals surface area contributed by atoms with Gasteiger partial charge in [-0.15, -0.1) is 0 Å². The van der Waals surface area contributed by atoms with Crippen LogP contribution < -0.4 is 22.5 Å². The summed E-state index contributed by atoms with van der Waals surface area (Å²) in [5.74, 6) is 0. The number of nitrogens with zero attached hydrogens (tertiary/aromatic N) is 2. The van der Waals surface area contributed by atoms with Crippen molar-refractivity contribution in [3.63, 3.8) is 0 Å². The Labute approximate surface area is 220 Å². The van der Waals surface area contributed by atoms with Gasteiger partial charge in [0.05, 0.1) is 13.2 Å². The predicted octanol–water partition coefficient (Wildman–Crippen LogP) is -3.38. The molecule has 3 aliphatic rings. The monoisotopic (exact) mass is 612 g/mol. The fourth-order valence-electron chi connectivity index (χ4n) is 4.39. The fraction of sp³-hybridized carbons (Fsp3) is 0.556. The van der Waals surface area contributed by atoms with Gasteiger partial charge in [-0.25, -0.2) is 18.7 Å². The number of nitrogens with one attached hydrogen (secondary N) is 2. The van der Waals surface area contributed by atoms with E-state index in [0.29, 0.717) is 0 Å². The summed E-state index contributed by atoms with van der Waals surface area (Å²) in [6.45, 7) is -1.83. The van der Waals surface area contributed by atoms with Crippen LogP contribution in [0.5, 0.6) is 0 Å². The van der Waals surface area contributed by atoms with Gasteiger partial charge in [0.1, 0.15) is 36.6 Å². The van der Waals surface area contributed by atoms with Crippen LogP contribution in [0, 0.1) is 0 Å². The molecule has 3 fully saturated rings. The van der Waals surface area contributed by atoms with E-state index in [1.807, 2.05) is 9.97 Å². The highest BCUT2D eigenvalue weighted by Gasteiger charge is 2.53. The van der Waals surface area contributed by atoms with E-state index in [0.717, 1.165) is 33.7 Å². The van der Waals surface area contributed by atoms with E-state index in [2.05, 4.69) is 0 Å². The molecular formula is C18H22N4O16P2. The summed E-state index contributed by atoms with van der Waals surface area (Å²) in [6, 6.07) is 1.88. The normalized spacial score (nSPS) is 40.5. The molecule has 0 amide bonds. The van der Waals surface area contributed by atoms with Crippen LogP contribution in [0.4, 0.5) is 0 Å². The van der Waals surface area contributed by atoms with Crippen molar-refractivity contribution in [2.75, 3.05) is 13.2 Å². The number of H-pyrrole nitrogens is 2. The maximum atomic E-state index is 12.8. The van der Waals surface area contributed by atoms with Crippen molar-refractivity contribution >= 4 is 15.6 Å². The van der Waals surface area contributed by atoms with Gasteiger partial charge in [-0.3, -0.25) is 46.8 Å². The zero-order valence-corrected chi connectivity index (χ0v) is 21.6. The highest BCUT2D eigenvalue weighted by molar-refractivity contribution is 7.47. The van der Waals surface area contributed by atoms with Crippen molar-refractivity contribution in [1.29, 1.82) is 0 Å². The van der Waals surface area contributed by atoms with E-state index in [1.165, 1.54) is 0 Å². The Morgan fingerprint density at radius 1 is 0.725 bits per heavy atom. The van der Waals surface area contributed by atoms with Crippen LogP contribution in [0.25, 0.3) is 0 Å². The summed E-state index contributed by atoms with van der Waals surface area (Å²) in [6.07, 6.45) is -11.7. The molecule has 0 spiro atoms. The van der Waals surface area contributed by atoms with Crippen LogP contribution in [0.3, 0.4) is 0 Å². The minimum atomic E-state index is -5.10. The first-order valence-corrected chi connectivity index (χ1v) is 14.4. The quantitative estimate of drug-likeness (QED) is 0.180. The van der Waals surface area contributed by atoms with Crippen molar-refractivity contribution in [1.82, 2.24) is 19.1 Å². The molecule has 5 rings (SSSR count). The minimum Gasteiger partial charge on any atom is -0.386 e. The maximum Gasteiger partial charge on any atom is 0.472 e. The van der Waals surface area contributed by atoms with Crippen LogP contribution >= 0.6 is 15.6 Å². The molecule has 0 aromatic carbocycles. The third-order valence-corrected chi connectivity index (χ3v) is 8.15. The van der Waals surface area contributed by atoms with Gasteiger partial charge in [0.2, 0.25) is 0 Å². The predicted molar refractivity (Wildman–Crippen MR) is 124 cm³/mol. The number of ether oxygens (including phenoxy) is 2. The van der Waals surface area contributed by atoms with Crippen molar-refractivity contribution in [3.05, 3.63) is 66.2 Å². The zero-order valence-electron chi connectivity index (χ0n) is 19.8. The lowest BCUT2D eigenvalue weighted by molar-refractivity contribution is -0.0685. The first-order valence-electron chi connectivity index (χ1n) is 11.4. The molecule has 3 saturated heterocycles. The number of hydrogen-bond donors (Lipinski definition) is 6. The van der Waals surface area contributed by atoms with E-state index in [4.69, 9.17) is 27.6 Å². The first kappa shape index (κ1) is 28.9. The lowest BCUT2D eigenvalue weighted by Gasteiger charge is -2.27. The second kappa shape index (κ2) is 10.7. The summed E-state index contributed by atoms with van der Waals surface area (Å²) in [5, 5.41) is 21.5. The first-order chi connectivity index (χ1) is 18.7. The molecule has 5 heterocycles. The summed E-state index contributed by atoms with van der Waals surface area (Å²) >= 11 is 0. The molecule has 0 bridgehead atoms. The van der Waals surface area contributed by atoms with Crippen molar-refractivity contribution in [2.24, 2.45) is 0 Å². The third-order valence-electron chi connectivity index (χ3n) is 6.18. The maximum absolute atomic E-state index is 12.8. The minimum absolute atomic E-state index is 0.742. The van der Waals surface area contributed by atoms with E-state index in [-0.39, 0.29) is 0 Å². The second-order valence-electron chi connectivity index (χ2n) is 8.81. The van der Waals surface area contributed by atoms with Crippen LogP contribution in [0.15, 0.2) is 43.7 Å². The van der Waals surface area contributed by atoms with Crippen LogP contribution in [-0.4, -0.2) is 88.9 Å². The number of fused-ring (bicyclic) bond motifs is 2. The van der Waals surface area contributed by atoms with Gasteiger partial charge in [-0.2, -0.15) is 0 Å². The largest absolute Gasteiger partial charge is 0.472 e. The number of aromatic amines is 2. The Balaban J connectivity index is 1.43. The highest BCUT2D eigenvalue weighted by Crippen LogP contribution is 2.53. The van der Waals surface area contributed by atoms with E-state index < -0.39 is 100 Å². The average molecular weight is 612 g/mol. The molecule has 40 heavy (non-hydrogen) atoms. The lowest BCUT2D eigenvalue weighted by Crippen LogP contribution is -2.40. The van der Waals surface area contributed by atoms with Crippen LogP contribution in [0.2, 0.25) is 0 Å². The number of aliphatic hydroxyl groups excluding tert-OH is 2. The molecule has 22 heteroatoms. The Kier molecular flexibility index (Phi) is 7.72. The van der Waals surface area contributed by atoms with Gasteiger partial charge in [0.15, 0.2) is 12.5 Å².